The van der Waals surface area contributed by atoms with Crippen LogP contribution < -0.4 is 5.32 Å². The predicted octanol–water partition coefficient (Wildman–Crippen LogP) is 4.59. The van der Waals surface area contributed by atoms with Crippen LogP contribution in [-0.4, -0.2) is 5.91 Å². The lowest BCUT2D eigenvalue weighted by Crippen LogP contribution is -2.26. The molecule has 1 aromatic carbocycles. The topological polar surface area (TPSA) is 29.1 Å². The van der Waals surface area contributed by atoms with Crippen LogP contribution in [0.25, 0.3) is 0 Å². The summed E-state index contributed by atoms with van der Waals surface area (Å²) in [6.45, 7) is 6.18. The van der Waals surface area contributed by atoms with Crippen LogP contribution in [0.1, 0.15) is 44.2 Å². The molecule has 2 nitrogen and oxygen atoms in total. The maximum absolute atomic E-state index is 12.3. The standard InChI is InChI=1S/C16H18ClNOS/c1-10-7-15(12(3)20-10)11(2)18-16(19)14-6-4-5-13(8-14)9-17/h4-8,11H,9H2,1-3H3,(H,18,19). The number of amides is 1. The van der Waals surface area contributed by atoms with Crippen LogP contribution in [0.2, 0.25) is 0 Å². The molecule has 2 aromatic rings. The van der Waals surface area contributed by atoms with Crippen molar-refractivity contribution in [1.82, 2.24) is 5.32 Å². The monoisotopic (exact) mass is 307 g/mol. The van der Waals surface area contributed by atoms with Crippen molar-refractivity contribution in [2.24, 2.45) is 0 Å². The summed E-state index contributed by atoms with van der Waals surface area (Å²) in [7, 11) is 0. The van der Waals surface area contributed by atoms with E-state index in [0.717, 1.165) is 5.56 Å². The Morgan fingerprint density at radius 1 is 1.35 bits per heavy atom. The highest BCUT2D eigenvalue weighted by Crippen LogP contribution is 2.26. The van der Waals surface area contributed by atoms with E-state index in [2.05, 4.69) is 25.2 Å². The van der Waals surface area contributed by atoms with Gasteiger partial charge in [-0.3, -0.25) is 4.79 Å². The van der Waals surface area contributed by atoms with Gasteiger partial charge >= 0.3 is 0 Å². The number of halogens is 1. The summed E-state index contributed by atoms with van der Waals surface area (Å²) in [4.78, 5) is 14.8. The Bertz CT molecular complexity index is 621. The highest BCUT2D eigenvalue weighted by molar-refractivity contribution is 7.12. The second-order valence-electron chi connectivity index (χ2n) is 4.90. The van der Waals surface area contributed by atoms with Gasteiger partial charge in [-0.2, -0.15) is 0 Å². The Hall–Kier alpha value is -1.32. The van der Waals surface area contributed by atoms with E-state index in [0.29, 0.717) is 11.4 Å². The van der Waals surface area contributed by atoms with Crippen molar-refractivity contribution in [1.29, 1.82) is 0 Å². The summed E-state index contributed by atoms with van der Waals surface area (Å²) in [5.41, 5.74) is 2.79. The number of alkyl halides is 1. The van der Waals surface area contributed by atoms with Crippen LogP contribution in [0, 0.1) is 13.8 Å². The van der Waals surface area contributed by atoms with Gasteiger partial charge in [-0.25, -0.2) is 0 Å². The molecule has 4 heteroatoms. The first kappa shape index (κ1) is 15.1. The maximum Gasteiger partial charge on any atom is 0.251 e. The zero-order valence-electron chi connectivity index (χ0n) is 11.9. The van der Waals surface area contributed by atoms with Gasteiger partial charge in [-0.15, -0.1) is 22.9 Å². The summed E-state index contributed by atoms with van der Waals surface area (Å²) in [5, 5.41) is 3.04. The van der Waals surface area contributed by atoms with Gasteiger partial charge < -0.3 is 5.32 Å². The zero-order valence-corrected chi connectivity index (χ0v) is 13.4. The fraction of sp³-hybridized carbons (Fsp3) is 0.312. The highest BCUT2D eigenvalue weighted by Gasteiger charge is 2.15. The summed E-state index contributed by atoms with van der Waals surface area (Å²) < 4.78 is 0. The molecule has 1 aromatic heterocycles. The SMILES string of the molecule is Cc1cc(C(C)NC(=O)c2cccc(CCl)c2)c(C)s1. The van der Waals surface area contributed by atoms with E-state index in [1.54, 1.807) is 11.3 Å². The van der Waals surface area contributed by atoms with Gasteiger partial charge in [0, 0.05) is 21.2 Å². The molecule has 0 aliphatic heterocycles. The van der Waals surface area contributed by atoms with Gasteiger partial charge in [0.25, 0.3) is 5.91 Å². The molecule has 0 spiro atoms. The average Bonchev–Trinajstić information content (AvgIpc) is 2.77. The fourth-order valence-electron chi connectivity index (χ4n) is 2.23. The number of aryl methyl sites for hydroxylation is 2. The zero-order chi connectivity index (χ0) is 14.7. The van der Waals surface area contributed by atoms with Gasteiger partial charge in [0.05, 0.1) is 6.04 Å². The summed E-state index contributed by atoms with van der Waals surface area (Å²) in [6.07, 6.45) is 0. The summed E-state index contributed by atoms with van der Waals surface area (Å²) in [6, 6.07) is 9.56. The molecule has 1 amide bonds. The Labute approximate surface area is 128 Å². The van der Waals surface area contributed by atoms with Gasteiger partial charge in [-0.05, 0) is 50.1 Å². The third-order valence-corrected chi connectivity index (χ3v) is 4.53. The van der Waals surface area contributed by atoms with Gasteiger partial charge in [0.1, 0.15) is 0 Å². The Balaban J connectivity index is 2.12. The van der Waals surface area contributed by atoms with Crippen molar-refractivity contribution in [3.8, 4) is 0 Å². The minimum absolute atomic E-state index is 0.00658. The smallest absolute Gasteiger partial charge is 0.251 e. The molecule has 0 saturated heterocycles. The van der Waals surface area contributed by atoms with Gasteiger partial charge in [-0.1, -0.05) is 12.1 Å². The van der Waals surface area contributed by atoms with Crippen molar-refractivity contribution in [3.05, 3.63) is 56.8 Å². The van der Waals surface area contributed by atoms with Crippen molar-refractivity contribution < 1.29 is 4.79 Å². The number of hydrogen-bond acceptors (Lipinski definition) is 2. The quantitative estimate of drug-likeness (QED) is 0.822. The average molecular weight is 308 g/mol. The van der Waals surface area contributed by atoms with Crippen molar-refractivity contribution in [2.75, 3.05) is 0 Å². The summed E-state index contributed by atoms with van der Waals surface area (Å²) >= 11 is 7.56. The van der Waals surface area contributed by atoms with Crippen molar-refractivity contribution >= 4 is 28.8 Å². The van der Waals surface area contributed by atoms with Crippen LogP contribution in [-0.2, 0) is 5.88 Å². The first-order chi connectivity index (χ1) is 9.51. The summed E-state index contributed by atoms with van der Waals surface area (Å²) in [5.74, 6) is 0.354. The number of rotatable bonds is 4. The number of hydrogen-bond donors (Lipinski definition) is 1. The van der Waals surface area contributed by atoms with Gasteiger partial charge in [0.2, 0.25) is 0 Å². The second kappa shape index (κ2) is 6.42. The largest absolute Gasteiger partial charge is 0.345 e. The molecule has 2 rings (SSSR count). The van der Waals surface area contributed by atoms with E-state index in [4.69, 9.17) is 11.6 Å². The van der Waals surface area contributed by atoms with Crippen LogP contribution in [0.3, 0.4) is 0 Å². The number of benzene rings is 1. The van der Waals surface area contributed by atoms with E-state index in [1.807, 2.05) is 31.2 Å². The van der Waals surface area contributed by atoms with E-state index in [-0.39, 0.29) is 11.9 Å². The minimum Gasteiger partial charge on any atom is -0.345 e. The molecule has 0 radical (unpaired) electrons. The third kappa shape index (κ3) is 3.41. The molecule has 0 aliphatic rings. The first-order valence-corrected chi connectivity index (χ1v) is 7.89. The minimum atomic E-state index is -0.0623. The normalized spacial score (nSPS) is 12.2. The van der Waals surface area contributed by atoms with E-state index in [9.17, 15) is 4.79 Å². The third-order valence-electron chi connectivity index (χ3n) is 3.24. The lowest BCUT2D eigenvalue weighted by atomic mass is 10.1. The molecule has 1 atom stereocenters. The lowest BCUT2D eigenvalue weighted by molar-refractivity contribution is 0.0940. The Morgan fingerprint density at radius 2 is 2.10 bits per heavy atom. The molecule has 0 aliphatic carbocycles. The lowest BCUT2D eigenvalue weighted by Gasteiger charge is -2.14. The number of carbonyl (C=O) groups is 1. The van der Waals surface area contributed by atoms with E-state index >= 15 is 0 Å². The van der Waals surface area contributed by atoms with Crippen molar-refractivity contribution in [2.45, 2.75) is 32.7 Å². The van der Waals surface area contributed by atoms with Crippen LogP contribution >= 0.6 is 22.9 Å². The van der Waals surface area contributed by atoms with Crippen LogP contribution in [0.5, 0.6) is 0 Å². The molecule has 0 bridgehead atoms. The maximum atomic E-state index is 12.3. The molecule has 0 saturated carbocycles. The number of carbonyl (C=O) groups excluding carboxylic acids is 1. The number of thiophene rings is 1. The molecule has 0 fully saturated rings. The molecule has 106 valence electrons. The van der Waals surface area contributed by atoms with E-state index < -0.39 is 0 Å². The first-order valence-electron chi connectivity index (χ1n) is 6.54. The Morgan fingerprint density at radius 3 is 2.70 bits per heavy atom. The fourth-order valence-corrected chi connectivity index (χ4v) is 3.42. The molecule has 1 unspecified atom stereocenters. The molecule has 1 heterocycles. The molecule has 1 N–H and O–H groups in total. The Kier molecular flexibility index (Phi) is 4.84. The van der Waals surface area contributed by atoms with Crippen LogP contribution in [0.4, 0.5) is 0 Å². The molecule has 20 heavy (non-hydrogen) atoms. The van der Waals surface area contributed by atoms with Crippen LogP contribution in [0.15, 0.2) is 30.3 Å². The van der Waals surface area contributed by atoms with Gasteiger partial charge in [0.15, 0.2) is 0 Å². The molecular weight excluding hydrogens is 290 g/mol. The number of nitrogens with one attached hydrogen (secondary N) is 1. The molecular formula is C16H18ClNOS. The van der Waals surface area contributed by atoms with Crippen molar-refractivity contribution in [3.63, 3.8) is 0 Å². The highest BCUT2D eigenvalue weighted by atomic mass is 35.5. The predicted molar refractivity (Wildman–Crippen MR) is 85.7 cm³/mol. The van der Waals surface area contributed by atoms with E-state index in [1.165, 1.54) is 15.3 Å². The second-order valence-corrected chi connectivity index (χ2v) is 6.63.